The summed E-state index contributed by atoms with van der Waals surface area (Å²) in [6, 6.07) is -0.0954. The van der Waals surface area contributed by atoms with Gasteiger partial charge in [0.1, 0.15) is 6.10 Å². The SMILES string of the molecule is CCCCCCCCCCCCNC1CC(C)C(O)C(O)C1O. The van der Waals surface area contributed by atoms with Crippen molar-refractivity contribution in [2.45, 2.75) is 109 Å². The molecule has 4 nitrogen and oxygen atoms in total. The fourth-order valence-electron chi connectivity index (χ4n) is 3.56. The Balaban J connectivity index is 1.96. The average Bonchev–Trinajstić information content (AvgIpc) is 2.55. The highest BCUT2D eigenvalue weighted by atomic mass is 16.4. The van der Waals surface area contributed by atoms with Gasteiger partial charge in [0.25, 0.3) is 0 Å². The second-order valence-corrected chi connectivity index (χ2v) is 7.43. The van der Waals surface area contributed by atoms with E-state index in [1.807, 2.05) is 6.92 Å². The van der Waals surface area contributed by atoms with E-state index in [1.54, 1.807) is 0 Å². The molecule has 1 aliphatic rings. The van der Waals surface area contributed by atoms with Gasteiger partial charge >= 0.3 is 0 Å². The van der Waals surface area contributed by atoms with Crippen molar-refractivity contribution in [1.29, 1.82) is 0 Å². The summed E-state index contributed by atoms with van der Waals surface area (Å²) in [4.78, 5) is 0. The number of aliphatic hydroxyl groups excluding tert-OH is 3. The van der Waals surface area contributed by atoms with Crippen LogP contribution in [0.15, 0.2) is 0 Å². The maximum atomic E-state index is 10.0. The van der Waals surface area contributed by atoms with Crippen molar-refractivity contribution in [3.63, 3.8) is 0 Å². The molecule has 1 saturated carbocycles. The molecule has 0 aliphatic heterocycles. The Bertz CT molecular complexity index is 288. The fourth-order valence-corrected chi connectivity index (χ4v) is 3.56. The number of hydrogen-bond acceptors (Lipinski definition) is 4. The van der Waals surface area contributed by atoms with E-state index in [-0.39, 0.29) is 12.0 Å². The highest BCUT2D eigenvalue weighted by Crippen LogP contribution is 2.25. The number of aliphatic hydroxyl groups is 3. The van der Waals surface area contributed by atoms with Crippen molar-refractivity contribution < 1.29 is 15.3 Å². The van der Waals surface area contributed by atoms with Crippen LogP contribution in [-0.2, 0) is 0 Å². The van der Waals surface area contributed by atoms with Crippen LogP contribution in [0, 0.1) is 5.92 Å². The second-order valence-electron chi connectivity index (χ2n) is 7.43. The van der Waals surface area contributed by atoms with Gasteiger partial charge in [0.05, 0.1) is 12.2 Å². The standard InChI is InChI=1S/C19H39NO3/c1-3-4-5-6-7-8-9-10-11-12-13-20-16-14-15(2)17(21)19(23)18(16)22/h15-23H,3-14H2,1-2H3. The zero-order valence-electron chi connectivity index (χ0n) is 15.2. The van der Waals surface area contributed by atoms with Gasteiger partial charge in [0.2, 0.25) is 0 Å². The Hall–Kier alpha value is -0.160. The predicted molar refractivity (Wildman–Crippen MR) is 95.4 cm³/mol. The van der Waals surface area contributed by atoms with Crippen LogP contribution in [0.25, 0.3) is 0 Å². The maximum Gasteiger partial charge on any atom is 0.107 e. The normalized spacial score (nSPS) is 31.4. The zero-order chi connectivity index (χ0) is 17.1. The van der Waals surface area contributed by atoms with Gasteiger partial charge in [0, 0.05) is 6.04 Å². The number of rotatable bonds is 12. The first-order valence-corrected chi connectivity index (χ1v) is 9.85. The Morgan fingerprint density at radius 1 is 0.739 bits per heavy atom. The smallest absolute Gasteiger partial charge is 0.107 e. The quantitative estimate of drug-likeness (QED) is 0.415. The molecule has 0 radical (unpaired) electrons. The minimum Gasteiger partial charge on any atom is -0.390 e. The fraction of sp³-hybridized carbons (Fsp3) is 1.00. The summed E-state index contributed by atoms with van der Waals surface area (Å²) in [7, 11) is 0. The Kier molecular flexibility index (Phi) is 11.1. The van der Waals surface area contributed by atoms with Crippen molar-refractivity contribution in [3.05, 3.63) is 0 Å². The van der Waals surface area contributed by atoms with Crippen LogP contribution in [0.2, 0.25) is 0 Å². The molecule has 0 aromatic rings. The molecule has 0 spiro atoms. The topological polar surface area (TPSA) is 72.7 Å². The van der Waals surface area contributed by atoms with E-state index >= 15 is 0 Å². The molecule has 138 valence electrons. The largest absolute Gasteiger partial charge is 0.390 e. The first-order chi connectivity index (χ1) is 11.1. The van der Waals surface area contributed by atoms with E-state index in [2.05, 4.69) is 12.2 Å². The predicted octanol–water partition coefficient (Wildman–Crippen LogP) is 2.99. The third-order valence-corrected chi connectivity index (χ3v) is 5.26. The summed E-state index contributed by atoms with van der Waals surface area (Å²) in [5, 5.41) is 33.0. The summed E-state index contributed by atoms with van der Waals surface area (Å²) in [6.07, 6.45) is 11.2. The number of unbranched alkanes of at least 4 members (excludes halogenated alkanes) is 9. The summed E-state index contributed by atoms with van der Waals surface area (Å²) in [5.74, 6) is 0.0265. The first-order valence-electron chi connectivity index (χ1n) is 9.85. The van der Waals surface area contributed by atoms with E-state index in [1.165, 1.54) is 57.8 Å². The summed E-state index contributed by atoms with van der Waals surface area (Å²) in [6.45, 7) is 5.06. The van der Waals surface area contributed by atoms with Crippen LogP contribution >= 0.6 is 0 Å². The molecule has 0 bridgehead atoms. The molecule has 0 saturated heterocycles. The van der Waals surface area contributed by atoms with Crippen LogP contribution in [0.3, 0.4) is 0 Å². The van der Waals surface area contributed by atoms with Gasteiger partial charge in [-0.05, 0) is 25.3 Å². The highest BCUT2D eigenvalue weighted by molar-refractivity contribution is 4.94. The van der Waals surface area contributed by atoms with Gasteiger partial charge in [-0.3, -0.25) is 0 Å². The van der Waals surface area contributed by atoms with Gasteiger partial charge in [-0.15, -0.1) is 0 Å². The minimum atomic E-state index is -1.02. The molecule has 5 unspecified atom stereocenters. The van der Waals surface area contributed by atoms with Crippen LogP contribution in [0.1, 0.15) is 84.5 Å². The molecule has 1 fully saturated rings. The summed E-state index contributed by atoms with van der Waals surface area (Å²) >= 11 is 0. The Morgan fingerprint density at radius 3 is 1.83 bits per heavy atom. The van der Waals surface area contributed by atoms with Crippen molar-refractivity contribution >= 4 is 0 Å². The van der Waals surface area contributed by atoms with Gasteiger partial charge in [-0.2, -0.15) is 0 Å². The summed E-state index contributed by atoms with van der Waals surface area (Å²) in [5.41, 5.74) is 0. The van der Waals surface area contributed by atoms with Crippen LogP contribution in [-0.4, -0.2) is 46.2 Å². The lowest BCUT2D eigenvalue weighted by Crippen LogP contribution is -2.57. The average molecular weight is 330 g/mol. The van der Waals surface area contributed by atoms with Gasteiger partial charge < -0.3 is 20.6 Å². The molecule has 1 aliphatic carbocycles. The molecule has 23 heavy (non-hydrogen) atoms. The first kappa shape index (κ1) is 20.9. The molecular weight excluding hydrogens is 290 g/mol. The van der Waals surface area contributed by atoms with Crippen LogP contribution in [0.5, 0.6) is 0 Å². The monoisotopic (exact) mass is 329 g/mol. The lowest BCUT2D eigenvalue weighted by Gasteiger charge is -2.39. The third-order valence-electron chi connectivity index (χ3n) is 5.26. The minimum absolute atomic E-state index is 0.0265. The van der Waals surface area contributed by atoms with Gasteiger partial charge in [-0.1, -0.05) is 71.6 Å². The molecular formula is C19H39NO3. The number of nitrogens with one attached hydrogen (secondary N) is 1. The molecule has 0 aromatic heterocycles. The Labute approximate surface area is 142 Å². The lowest BCUT2D eigenvalue weighted by atomic mass is 9.80. The molecule has 4 heteroatoms. The van der Waals surface area contributed by atoms with E-state index in [0.717, 1.165) is 19.4 Å². The van der Waals surface area contributed by atoms with Crippen LogP contribution in [0.4, 0.5) is 0 Å². The van der Waals surface area contributed by atoms with Crippen molar-refractivity contribution in [2.24, 2.45) is 5.92 Å². The highest BCUT2D eigenvalue weighted by Gasteiger charge is 2.40. The van der Waals surface area contributed by atoms with Crippen molar-refractivity contribution in [1.82, 2.24) is 5.32 Å². The van der Waals surface area contributed by atoms with Crippen molar-refractivity contribution in [2.75, 3.05) is 6.54 Å². The Morgan fingerprint density at radius 2 is 1.26 bits per heavy atom. The van der Waals surface area contributed by atoms with E-state index in [4.69, 9.17) is 0 Å². The molecule has 1 rings (SSSR count). The van der Waals surface area contributed by atoms with E-state index in [0.29, 0.717) is 0 Å². The van der Waals surface area contributed by atoms with Crippen LogP contribution < -0.4 is 5.32 Å². The summed E-state index contributed by atoms with van der Waals surface area (Å²) < 4.78 is 0. The second kappa shape index (κ2) is 12.2. The number of hydrogen-bond donors (Lipinski definition) is 4. The third kappa shape index (κ3) is 7.97. The molecule has 0 aromatic carbocycles. The van der Waals surface area contributed by atoms with Crippen molar-refractivity contribution in [3.8, 4) is 0 Å². The van der Waals surface area contributed by atoms with E-state index in [9.17, 15) is 15.3 Å². The molecule has 5 atom stereocenters. The van der Waals surface area contributed by atoms with Gasteiger partial charge in [-0.25, -0.2) is 0 Å². The molecule has 4 N–H and O–H groups in total. The van der Waals surface area contributed by atoms with E-state index < -0.39 is 18.3 Å². The molecule has 0 amide bonds. The van der Waals surface area contributed by atoms with Gasteiger partial charge in [0.15, 0.2) is 0 Å². The molecule has 0 heterocycles. The lowest BCUT2D eigenvalue weighted by molar-refractivity contribution is -0.119. The zero-order valence-corrected chi connectivity index (χ0v) is 15.2. The maximum absolute atomic E-state index is 10.0.